The first kappa shape index (κ1) is 14.1. The number of fused-ring (bicyclic) bond motifs is 1. The maximum Gasteiger partial charge on any atom is 0.131 e. The summed E-state index contributed by atoms with van der Waals surface area (Å²) in [6.07, 6.45) is 0.930. The van der Waals surface area contributed by atoms with Gasteiger partial charge in [-0.1, -0.05) is 42.5 Å². The van der Waals surface area contributed by atoms with E-state index >= 15 is 0 Å². The predicted molar refractivity (Wildman–Crippen MR) is 90.1 cm³/mol. The Hall–Kier alpha value is -1.84. The van der Waals surface area contributed by atoms with Gasteiger partial charge >= 0.3 is 0 Å². The van der Waals surface area contributed by atoms with Gasteiger partial charge in [-0.25, -0.2) is 0 Å². The van der Waals surface area contributed by atoms with Crippen LogP contribution in [0.25, 0.3) is 10.8 Å². The molecule has 0 bridgehead atoms. The molecule has 0 aliphatic carbocycles. The lowest BCUT2D eigenvalue weighted by Gasteiger charge is -2.16. The van der Waals surface area contributed by atoms with Crippen molar-refractivity contribution in [3.8, 4) is 5.75 Å². The topological polar surface area (TPSA) is 35.2 Å². The van der Waals surface area contributed by atoms with E-state index in [1.165, 1.54) is 10.3 Å². The highest BCUT2D eigenvalue weighted by atomic mass is 32.1. The van der Waals surface area contributed by atoms with Gasteiger partial charge in [-0.3, -0.25) is 0 Å². The van der Waals surface area contributed by atoms with E-state index in [2.05, 4.69) is 41.8 Å². The fourth-order valence-electron chi connectivity index (χ4n) is 2.49. The zero-order valence-electron chi connectivity index (χ0n) is 12.1. The molecule has 1 unspecified atom stereocenters. The van der Waals surface area contributed by atoms with Crippen molar-refractivity contribution >= 4 is 22.1 Å². The summed E-state index contributed by atoms with van der Waals surface area (Å²) in [4.78, 5) is 1.34. The van der Waals surface area contributed by atoms with E-state index in [0.717, 1.165) is 23.1 Å². The van der Waals surface area contributed by atoms with Gasteiger partial charge in [0.15, 0.2) is 0 Å². The molecule has 2 nitrogen and oxygen atoms in total. The second-order valence-corrected chi connectivity index (χ2v) is 6.20. The van der Waals surface area contributed by atoms with Crippen molar-refractivity contribution in [3.63, 3.8) is 0 Å². The second kappa shape index (κ2) is 6.29. The summed E-state index contributed by atoms with van der Waals surface area (Å²) in [5.74, 6) is 0.930. The van der Waals surface area contributed by atoms with Gasteiger partial charge in [0, 0.05) is 28.3 Å². The van der Waals surface area contributed by atoms with Gasteiger partial charge < -0.3 is 10.5 Å². The van der Waals surface area contributed by atoms with Gasteiger partial charge in [0.25, 0.3) is 0 Å². The summed E-state index contributed by atoms with van der Waals surface area (Å²) < 4.78 is 6.11. The zero-order chi connectivity index (χ0) is 14.7. The molecule has 21 heavy (non-hydrogen) atoms. The minimum atomic E-state index is -0.0358. The molecule has 0 amide bonds. The number of thiophene rings is 1. The third-order valence-electron chi connectivity index (χ3n) is 3.58. The Kier molecular flexibility index (Phi) is 4.23. The van der Waals surface area contributed by atoms with Crippen LogP contribution in [0.3, 0.4) is 0 Å². The Bertz CT molecular complexity index is 719. The Morgan fingerprint density at radius 1 is 1.10 bits per heavy atom. The molecule has 3 rings (SSSR count). The molecule has 3 aromatic rings. The second-order valence-electron chi connectivity index (χ2n) is 5.17. The molecule has 0 aliphatic heterocycles. The molecule has 0 aliphatic rings. The van der Waals surface area contributed by atoms with Crippen molar-refractivity contribution in [2.75, 3.05) is 6.61 Å². The quantitative estimate of drug-likeness (QED) is 0.750. The molecule has 0 spiro atoms. The lowest BCUT2D eigenvalue weighted by molar-refractivity contribution is 0.322. The van der Waals surface area contributed by atoms with Gasteiger partial charge in [0.05, 0.1) is 6.61 Å². The first-order valence-electron chi connectivity index (χ1n) is 7.18. The molecular weight excluding hydrogens is 278 g/mol. The number of benzene rings is 2. The Balaban J connectivity index is 1.89. The van der Waals surface area contributed by atoms with Crippen LogP contribution in [0, 0.1) is 0 Å². The summed E-state index contributed by atoms with van der Waals surface area (Å²) in [6.45, 7) is 2.67. The van der Waals surface area contributed by atoms with Crippen LogP contribution in [0.5, 0.6) is 5.75 Å². The van der Waals surface area contributed by atoms with E-state index in [0.29, 0.717) is 6.61 Å². The highest BCUT2D eigenvalue weighted by Gasteiger charge is 2.12. The van der Waals surface area contributed by atoms with Crippen molar-refractivity contribution in [1.82, 2.24) is 0 Å². The third-order valence-corrected chi connectivity index (χ3v) is 4.51. The minimum Gasteiger partial charge on any atom is -0.492 e. The molecule has 108 valence electrons. The molecule has 1 aromatic heterocycles. The summed E-state index contributed by atoms with van der Waals surface area (Å²) in [6, 6.07) is 16.7. The van der Waals surface area contributed by atoms with E-state index in [1.807, 2.05) is 19.1 Å². The van der Waals surface area contributed by atoms with Crippen LogP contribution < -0.4 is 10.5 Å². The number of ether oxygens (including phenoxy) is 1. The lowest BCUT2D eigenvalue weighted by atomic mass is 10.0. The molecule has 2 aromatic carbocycles. The van der Waals surface area contributed by atoms with Gasteiger partial charge in [-0.05, 0) is 23.8 Å². The van der Waals surface area contributed by atoms with Crippen molar-refractivity contribution in [2.24, 2.45) is 5.73 Å². The van der Waals surface area contributed by atoms with Crippen molar-refractivity contribution in [1.29, 1.82) is 0 Å². The summed E-state index contributed by atoms with van der Waals surface area (Å²) in [5, 5.41) is 4.42. The number of hydrogen-bond acceptors (Lipinski definition) is 3. The first-order chi connectivity index (χ1) is 10.3. The maximum absolute atomic E-state index is 6.11. The van der Waals surface area contributed by atoms with Crippen LogP contribution in [-0.4, -0.2) is 6.61 Å². The van der Waals surface area contributed by atoms with Crippen LogP contribution in [0.1, 0.15) is 23.4 Å². The standard InChI is InChI=1S/C18H19NOS/c1-13(19)16-9-8-14-5-2-3-7-17(14)18(16)20-11-10-15-6-4-12-21-15/h2-9,12-13H,10-11,19H2,1H3. The molecule has 2 N–H and O–H groups in total. The van der Waals surface area contributed by atoms with Crippen molar-refractivity contribution in [3.05, 3.63) is 64.4 Å². The molecule has 1 atom stereocenters. The van der Waals surface area contributed by atoms with Crippen LogP contribution >= 0.6 is 11.3 Å². The fourth-order valence-corrected chi connectivity index (χ4v) is 3.18. The van der Waals surface area contributed by atoms with Gasteiger partial charge in [-0.2, -0.15) is 0 Å². The molecule has 0 saturated carbocycles. The lowest BCUT2D eigenvalue weighted by Crippen LogP contribution is -2.09. The van der Waals surface area contributed by atoms with Gasteiger partial charge in [-0.15, -0.1) is 11.3 Å². The zero-order valence-corrected chi connectivity index (χ0v) is 12.9. The van der Waals surface area contributed by atoms with Crippen LogP contribution in [0.15, 0.2) is 53.9 Å². The number of hydrogen-bond donors (Lipinski definition) is 1. The monoisotopic (exact) mass is 297 g/mol. The normalized spacial score (nSPS) is 12.5. The maximum atomic E-state index is 6.11. The summed E-state index contributed by atoms with van der Waals surface area (Å²) in [7, 11) is 0. The average molecular weight is 297 g/mol. The third kappa shape index (κ3) is 3.09. The Morgan fingerprint density at radius 2 is 1.95 bits per heavy atom. The molecule has 0 fully saturated rings. The first-order valence-corrected chi connectivity index (χ1v) is 8.06. The Morgan fingerprint density at radius 3 is 2.71 bits per heavy atom. The van der Waals surface area contributed by atoms with E-state index in [-0.39, 0.29) is 6.04 Å². The SMILES string of the molecule is CC(N)c1ccc2ccccc2c1OCCc1cccs1. The highest BCUT2D eigenvalue weighted by molar-refractivity contribution is 7.09. The summed E-state index contributed by atoms with van der Waals surface area (Å²) >= 11 is 1.77. The molecule has 0 radical (unpaired) electrons. The fraction of sp³-hybridized carbons (Fsp3) is 0.222. The molecule has 3 heteroatoms. The average Bonchev–Trinajstić information content (AvgIpc) is 3.00. The van der Waals surface area contributed by atoms with Crippen molar-refractivity contribution < 1.29 is 4.74 Å². The molecule has 0 saturated heterocycles. The van der Waals surface area contributed by atoms with E-state index < -0.39 is 0 Å². The summed E-state index contributed by atoms with van der Waals surface area (Å²) in [5.41, 5.74) is 7.16. The van der Waals surface area contributed by atoms with Gasteiger partial charge in [0.1, 0.15) is 5.75 Å². The van der Waals surface area contributed by atoms with Gasteiger partial charge in [0.2, 0.25) is 0 Å². The van der Waals surface area contributed by atoms with E-state index in [1.54, 1.807) is 11.3 Å². The van der Waals surface area contributed by atoms with Crippen LogP contribution in [-0.2, 0) is 6.42 Å². The molecular formula is C18H19NOS. The van der Waals surface area contributed by atoms with Crippen LogP contribution in [0.4, 0.5) is 0 Å². The number of nitrogens with two attached hydrogens (primary N) is 1. The predicted octanol–water partition coefficient (Wildman–Crippen LogP) is 4.54. The highest BCUT2D eigenvalue weighted by Crippen LogP contribution is 2.33. The largest absolute Gasteiger partial charge is 0.492 e. The Labute approximate surface area is 129 Å². The van der Waals surface area contributed by atoms with Crippen LogP contribution in [0.2, 0.25) is 0 Å². The van der Waals surface area contributed by atoms with E-state index in [9.17, 15) is 0 Å². The smallest absolute Gasteiger partial charge is 0.131 e. The number of rotatable bonds is 5. The minimum absolute atomic E-state index is 0.0358. The van der Waals surface area contributed by atoms with Crippen molar-refractivity contribution in [2.45, 2.75) is 19.4 Å². The van der Waals surface area contributed by atoms with E-state index in [4.69, 9.17) is 10.5 Å². The molecule has 1 heterocycles.